The highest BCUT2D eigenvalue weighted by molar-refractivity contribution is 5.81. The first-order chi connectivity index (χ1) is 7.68. The van der Waals surface area contributed by atoms with Crippen molar-refractivity contribution in [2.45, 2.75) is 44.6 Å². The van der Waals surface area contributed by atoms with Crippen LogP contribution in [0.2, 0.25) is 0 Å². The Labute approximate surface area is 98.4 Å². The van der Waals surface area contributed by atoms with Crippen molar-refractivity contribution in [2.75, 3.05) is 13.1 Å². The molecule has 3 nitrogen and oxygen atoms in total. The smallest absolute Gasteiger partial charge is 0.192 e. The normalized spacial score (nSPS) is 31.6. The first-order valence-electron chi connectivity index (χ1n) is 6.37. The summed E-state index contributed by atoms with van der Waals surface area (Å²) >= 11 is 0. The Morgan fingerprint density at radius 2 is 2.19 bits per heavy atom. The van der Waals surface area contributed by atoms with E-state index in [1.165, 1.54) is 32.1 Å². The van der Waals surface area contributed by atoms with Crippen molar-refractivity contribution in [3.63, 3.8) is 0 Å². The highest BCUT2D eigenvalue weighted by Gasteiger charge is 2.43. The number of guanidine groups is 1. The Morgan fingerprint density at radius 1 is 1.50 bits per heavy atom. The third kappa shape index (κ3) is 1.83. The van der Waals surface area contributed by atoms with E-state index in [4.69, 9.17) is 5.73 Å². The number of rotatable bonds is 3. The summed E-state index contributed by atoms with van der Waals surface area (Å²) in [4.78, 5) is 6.68. The van der Waals surface area contributed by atoms with Crippen LogP contribution in [0.25, 0.3) is 0 Å². The number of hydrogen-bond donors (Lipinski definition) is 1. The van der Waals surface area contributed by atoms with Crippen molar-refractivity contribution in [1.82, 2.24) is 4.90 Å². The third-order valence-electron chi connectivity index (χ3n) is 4.25. The number of hydrogen-bond acceptors (Lipinski definition) is 3. The van der Waals surface area contributed by atoms with Crippen LogP contribution in [0.5, 0.6) is 0 Å². The second-order valence-corrected chi connectivity index (χ2v) is 5.27. The van der Waals surface area contributed by atoms with Gasteiger partial charge in [0.25, 0.3) is 0 Å². The minimum absolute atomic E-state index is 0.138. The van der Waals surface area contributed by atoms with Crippen LogP contribution in [-0.4, -0.2) is 29.5 Å². The molecule has 1 atom stereocenters. The van der Waals surface area contributed by atoms with E-state index in [-0.39, 0.29) is 5.54 Å². The molecule has 1 saturated carbocycles. The molecule has 2 rings (SSSR count). The fourth-order valence-electron chi connectivity index (χ4n) is 3.18. The molecule has 1 fully saturated rings. The maximum absolute atomic E-state index is 5.98. The molecule has 0 aromatic carbocycles. The Kier molecular flexibility index (Phi) is 3.22. The summed E-state index contributed by atoms with van der Waals surface area (Å²) in [5.41, 5.74) is 6.11. The summed E-state index contributed by atoms with van der Waals surface area (Å²) in [5.74, 6) is 1.44. The summed E-state index contributed by atoms with van der Waals surface area (Å²) in [7, 11) is 0. The fourth-order valence-corrected chi connectivity index (χ4v) is 3.18. The molecule has 1 aliphatic heterocycles. The van der Waals surface area contributed by atoms with Crippen LogP contribution in [0.4, 0.5) is 0 Å². The number of nitrogens with zero attached hydrogens (tertiary/aromatic N) is 2. The van der Waals surface area contributed by atoms with E-state index >= 15 is 0 Å². The molecule has 3 heteroatoms. The Balaban J connectivity index is 2.13. The molecule has 0 amide bonds. The lowest BCUT2D eigenvalue weighted by atomic mass is 9.75. The third-order valence-corrected chi connectivity index (χ3v) is 4.25. The molecule has 16 heavy (non-hydrogen) atoms. The molecule has 0 spiro atoms. The predicted molar refractivity (Wildman–Crippen MR) is 68.4 cm³/mol. The van der Waals surface area contributed by atoms with Gasteiger partial charge < -0.3 is 10.6 Å². The molecule has 90 valence electrons. The molecule has 1 unspecified atom stereocenters. The molecule has 0 aromatic heterocycles. The van der Waals surface area contributed by atoms with Gasteiger partial charge in [-0.15, -0.1) is 6.58 Å². The standard InChI is InChI=1S/C13H23N3/c1-3-9-16-12(14)15-10-13(16,2)11-7-5-4-6-8-11/h3,11H,1,4-10H2,2H3,(H2,14,15). The zero-order valence-corrected chi connectivity index (χ0v) is 10.3. The monoisotopic (exact) mass is 221 g/mol. The first-order valence-corrected chi connectivity index (χ1v) is 6.37. The minimum atomic E-state index is 0.138. The molecule has 0 bridgehead atoms. The summed E-state index contributed by atoms with van der Waals surface area (Å²) in [6, 6.07) is 0. The molecule has 2 N–H and O–H groups in total. The van der Waals surface area contributed by atoms with Crippen LogP contribution in [0, 0.1) is 5.92 Å². The summed E-state index contributed by atoms with van der Waals surface area (Å²) in [6.07, 6.45) is 8.70. The first kappa shape index (κ1) is 11.5. The number of nitrogens with two attached hydrogens (primary N) is 1. The van der Waals surface area contributed by atoms with Crippen molar-refractivity contribution in [3.05, 3.63) is 12.7 Å². The van der Waals surface area contributed by atoms with Gasteiger partial charge in [-0.1, -0.05) is 25.3 Å². The van der Waals surface area contributed by atoms with Crippen molar-refractivity contribution in [1.29, 1.82) is 0 Å². The summed E-state index contributed by atoms with van der Waals surface area (Å²) < 4.78 is 0. The summed E-state index contributed by atoms with van der Waals surface area (Å²) in [6.45, 7) is 7.81. The van der Waals surface area contributed by atoms with Crippen LogP contribution in [-0.2, 0) is 0 Å². The molecule has 0 aromatic rings. The van der Waals surface area contributed by atoms with Gasteiger partial charge in [-0.05, 0) is 25.7 Å². The molecule has 0 saturated heterocycles. The molecule has 1 aliphatic carbocycles. The Bertz CT molecular complexity index is 292. The zero-order chi connectivity index (χ0) is 11.6. The van der Waals surface area contributed by atoms with E-state index in [0.717, 1.165) is 19.0 Å². The van der Waals surface area contributed by atoms with Crippen LogP contribution >= 0.6 is 0 Å². The van der Waals surface area contributed by atoms with Crippen molar-refractivity contribution >= 4 is 5.96 Å². The highest BCUT2D eigenvalue weighted by Crippen LogP contribution is 2.38. The lowest BCUT2D eigenvalue weighted by molar-refractivity contribution is 0.116. The van der Waals surface area contributed by atoms with Crippen LogP contribution < -0.4 is 5.73 Å². The topological polar surface area (TPSA) is 41.6 Å². The second kappa shape index (κ2) is 4.48. The average Bonchev–Trinajstić information content (AvgIpc) is 2.60. The van der Waals surface area contributed by atoms with Gasteiger partial charge in [0.2, 0.25) is 0 Å². The van der Waals surface area contributed by atoms with E-state index in [2.05, 4.69) is 23.4 Å². The molecule has 0 radical (unpaired) electrons. The molecule has 2 aliphatic rings. The zero-order valence-electron chi connectivity index (χ0n) is 10.3. The van der Waals surface area contributed by atoms with Crippen LogP contribution in [0.1, 0.15) is 39.0 Å². The Morgan fingerprint density at radius 3 is 2.81 bits per heavy atom. The maximum atomic E-state index is 5.98. The van der Waals surface area contributed by atoms with Crippen LogP contribution in [0.15, 0.2) is 17.6 Å². The molecular weight excluding hydrogens is 198 g/mol. The average molecular weight is 221 g/mol. The largest absolute Gasteiger partial charge is 0.370 e. The predicted octanol–water partition coefficient (Wildman–Crippen LogP) is 2.14. The van der Waals surface area contributed by atoms with Gasteiger partial charge in [0, 0.05) is 6.54 Å². The maximum Gasteiger partial charge on any atom is 0.192 e. The van der Waals surface area contributed by atoms with Gasteiger partial charge in [0.1, 0.15) is 0 Å². The Hall–Kier alpha value is -0.990. The molecular formula is C13H23N3. The van der Waals surface area contributed by atoms with Gasteiger partial charge in [-0.25, -0.2) is 0 Å². The van der Waals surface area contributed by atoms with Crippen LogP contribution in [0.3, 0.4) is 0 Å². The summed E-state index contributed by atoms with van der Waals surface area (Å²) in [5, 5.41) is 0. The quantitative estimate of drug-likeness (QED) is 0.742. The van der Waals surface area contributed by atoms with E-state index in [1.807, 2.05) is 6.08 Å². The van der Waals surface area contributed by atoms with E-state index in [1.54, 1.807) is 0 Å². The lowest BCUT2D eigenvalue weighted by Gasteiger charge is -2.43. The van der Waals surface area contributed by atoms with Gasteiger partial charge >= 0.3 is 0 Å². The number of aliphatic imine (C=N–C) groups is 1. The van der Waals surface area contributed by atoms with Crippen molar-refractivity contribution in [3.8, 4) is 0 Å². The SMILES string of the molecule is C=CCN1C(N)=NCC1(C)C1CCCCC1. The van der Waals surface area contributed by atoms with Crippen molar-refractivity contribution in [2.24, 2.45) is 16.6 Å². The van der Waals surface area contributed by atoms with Gasteiger partial charge in [0.05, 0.1) is 12.1 Å². The van der Waals surface area contributed by atoms with E-state index in [0.29, 0.717) is 5.96 Å². The second-order valence-electron chi connectivity index (χ2n) is 5.27. The highest BCUT2D eigenvalue weighted by atomic mass is 15.4. The molecule has 1 heterocycles. The van der Waals surface area contributed by atoms with Gasteiger partial charge in [-0.2, -0.15) is 0 Å². The van der Waals surface area contributed by atoms with Gasteiger partial charge in [0.15, 0.2) is 5.96 Å². The minimum Gasteiger partial charge on any atom is -0.370 e. The lowest BCUT2D eigenvalue weighted by Crippen LogP contribution is -2.54. The van der Waals surface area contributed by atoms with E-state index < -0.39 is 0 Å². The van der Waals surface area contributed by atoms with Gasteiger partial charge in [-0.3, -0.25) is 4.99 Å². The van der Waals surface area contributed by atoms with E-state index in [9.17, 15) is 0 Å². The fraction of sp³-hybridized carbons (Fsp3) is 0.769. The van der Waals surface area contributed by atoms with Crippen molar-refractivity contribution < 1.29 is 0 Å².